The van der Waals surface area contributed by atoms with Crippen LogP contribution in [0.5, 0.6) is 5.88 Å². The van der Waals surface area contributed by atoms with Gasteiger partial charge in [0.1, 0.15) is 6.29 Å². The normalized spacial score (nSPS) is 11.2. The Balaban J connectivity index is 2.59. The van der Waals surface area contributed by atoms with Crippen LogP contribution < -0.4 is 4.74 Å². The fourth-order valence-corrected chi connectivity index (χ4v) is 1.78. The predicted molar refractivity (Wildman–Crippen MR) is 66.6 cm³/mol. The van der Waals surface area contributed by atoms with Crippen LogP contribution in [0.1, 0.15) is 15.9 Å². The van der Waals surface area contributed by atoms with Gasteiger partial charge in [0.05, 0.1) is 12.7 Å². The lowest BCUT2D eigenvalue weighted by Crippen LogP contribution is -2.07. The van der Waals surface area contributed by atoms with E-state index in [9.17, 15) is 18.0 Å². The zero-order chi connectivity index (χ0) is 14.8. The number of aromatic nitrogens is 1. The number of methoxy groups -OCH3 is 1. The molecule has 1 heterocycles. The Morgan fingerprint density at radius 3 is 2.45 bits per heavy atom. The van der Waals surface area contributed by atoms with Crippen LogP contribution in [0.4, 0.5) is 13.2 Å². The van der Waals surface area contributed by atoms with E-state index in [1.807, 2.05) is 0 Å². The van der Waals surface area contributed by atoms with Crippen molar-refractivity contribution in [1.29, 1.82) is 0 Å². The zero-order valence-electron chi connectivity index (χ0n) is 10.4. The Kier molecular flexibility index (Phi) is 3.74. The number of rotatable bonds is 3. The van der Waals surface area contributed by atoms with Crippen LogP contribution >= 0.6 is 0 Å². The smallest absolute Gasteiger partial charge is 0.417 e. The van der Waals surface area contributed by atoms with Crippen molar-refractivity contribution in [2.45, 2.75) is 6.18 Å². The number of benzene rings is 1. The first-order valence-electron chi connectivity index (χ1n) is 5.62. The molecule has 0 aliphatic heterocycles. The van der Waals surface area contributed by atoms with Gasteiger partial charge in [-0.15, -0.1) is 0 Å². The highest BCUT2D eigenvalue weighted by atomic mass is 19.4. The fourth-order valence-electron chi connectivity index (χ4n) is 1.78. The summed E-state index contributed by atoms with van der Waals surface area (Å²) in [5.74, 6) is 0.300. The summed E-state index contributed by atoms with van der Waals surface area (Å²) in [5, 5.41) is 0. The van der Waals surface area contributed by atoms with Gasteiger partial charge in [-0.1, -0.05) is 6.07 Å². The number of aldehydes is 1. The molecule has 1 aromatic carbocycles. The second-order valence-corrected chi connectivity index (χ2v) is 4.01. The van der Waals surface area contributed by atoms with E-state index >= 15 is 0 Å². The van der Waals surface area contributed by atoms with E-state index in [1.54, 1.807) is 0 Å². The van der Waals surface area contributed by atoms with E-state index in [2.05, 4.69) is 4.98 Å². The lowest BCUT2D eigenvalue weighted by atomic mass is 9.98. The van der Waals surface area contributed by atoms with Crippen molar-refractivity contribution in [3.8, 4) is 17.0 Å². The molecule has 0 atom stereocenters. The van der Waals surface area contributed by atoms with Gasteiger partial charge in [0.25, 0.3) is 0 Å². The number of nitrogens with zero attached hydrogens (tertiary/aromatic N) is 1. The molecule has 1 aromatic heterocycles. The second-order valence-electron chi connectivity index (χ2n) is 4.01. The molecule has 2 rings (SSSR count). The van der Waals surface area contributed by atoms with Gasteiger partial charge in [-0.05, 0) is 23.8 Å². The minimum Gasteiger partial charge on any atom is -0.481 e. The topological polar surface area (TPSA) is 39.2 Å². The van der Waals surface area contributed by atoms with Gasteiger partial charge < -0.3 is 4.74 Å². The average Bonchev–Trinajstić information content (AvgIpc) is 2.45. The first kappa shape index (κ1) is 14.0. The summed E-state index contributed by atoms with van der Waals surface area (Å²) in [4.78, 5) is 14.6. The molecule has 2 aromatic rings. The maximum absolute atomic E-state index is 13.0. The molecule has 0 saturated carbocycles. The summed E-state index contributed by atoms with van der Waals surface area (Å²) in [6.07, 6.45) is -2.73. The molecule has 3 nitrogen and oxygen atoms in total. The third kappa shape index (κ3) is 2.79. The van der Waals surface area contributed by atoms with Crippen molar-refractivity contribution >= 4 is 6.29 Å². The van der Waals surface area contributed by atoms with Gasteiger partial charge >= 0.3 is 6.18 Å². The summed E-state index contributed by atoms with van der Waals surface area (Å²) in [6, 6.07) is 6.15. The molecule has 0 bridgehead atoms. The molecule has 0 fully saturated rings. The van der Waals surface area contributed by atoms with E-state index in [0.29, 0.717) is 12.2 Å². The summed E-state index contributed by atoms with van der Waals surface area (Å²) in [5.41, 5.74) is -0.460. The van der Waals surface area contributed by atoms with Gasteiger partial charge in [0.15, 0.2) is 0 Å². The Labute approximate surface area is 113 Å². The molecular formula is C14H10F3NO2. The van der Waals surface area contributed by atoms with Crippen molar-refractivity contribution in [1.82, 2.24) is 4.98 Å². The van der Waals surface area contributed by atoms with Gasteiger partial charge in [0.2, 0.25) is 5.88 Å². The molecular weight excluding hydrogens is 271 g/mol. The molecule has 0 unspecified atom stereocenters. The van der Waals surface area contributed by atoms with Crippen LogP contribution in [0, 0.1) is 0 Å². The van der Waals surface area contributed by atoms with E-state index in [1.165, 1.54) is 31.5 Å². The number of halogens is 3. The molecule has 0 aliphatic rings. The van der Waals surface area contributed by atoms with Gasteiger partial charge in [-0.25, -0.2) is 4.98 Å². The second kappa shape index (κ2) is 5.32. The van der Waals surface area contributed by atoms with Gasteiger partial charge in [0, 0.05) is 23.4 Å². The van der Waals surface area contributed by atoms with Crippen LogP contribution in [0.15, 0.2) is 36.5 Å². The van der Waals surface area contributed by atoms with E-state index in [4.69, 9.17) is 4.74 Å². The number of hydrogen-bond donors (Lipinski definition) is 0. The van der Waals surface area contributed by atoms with Gasteiger partial charge in [-0.2, -0.15) is 13.2 Å². The summed E-state index contributed by atoms with van der Waals surface area (Å²) >= 11 is 0. The molecule has 0 N–H and O–H groups in total. The molecule has 0 amide bonds. The number of alkyl halides is 3. The molecule has 0 saturated heterocycles. The Bertz CT molecular complexity index is 621. The van der Waals surface area contributed by atoms with Crippen molar-refractivity contribution in [3.63, 3.8) is 0 Å². The third-order valence-electron chi connectivity index (χ3n) is 2.74. The van der Waals surface area contributed by atoms with Crippen LogP contribution in [0.3, 0.4) is 0 Å². The highest BCUT2D eigenvalue weighted by molar-refractivity contribution is 5.80. The maximum atomic E-state index is 13.0. The molecule has 6 heteroatoms. The van der Waals surface area contributed by atoms with E-state index in [0.717, 1.165) is 12.1 Å². The zero-order valence-corrected chi connectivity index (χ0v) is 10.4. The third-order valence-corrected chi connectivity index (χ3v) is 2.74. The summed E-state index contributed by atoms with van der Waals surface area (Å²) in [7, 11) is 1.41. The first-order chi connectivity index (χ1) is 9.45. The number of carbonyl (C=O) groups is 1. The minimum absolute atomic E-state index is 0.0859. The van der Waals surface area contributed by atoms with Crippen LogP contribution in [-0.4, -0.2) is 18.4 Å². The Morgan fingerprint density at radius 2 is 1.95 bits per heavy atom. The lowest BCUT2D eigenvalue weighted by Gasteiger charge is -2.13. The lowest BCUT2D eigenvalue weighted by molar-refractivity contribution is -0.137. The highest BCUT2D eigenvalue weighted by Gasteiger charge is 2.33. The predicted octanol–water partition coefficient (Wildman–Crippen LogP) is 3.59. The number of hydrogen-bond acceptors (Lipinski definition) is 3. The van der Waals surface area contributed by atoms with Crippen molar-refractivity contribution in [2.24, 2.45) is 0 Å². The SMILES string of the molecule is COc1ccc(-c2cc(C=O)ccc2C(F)(F)F)cn1. The molecule has 104 valence electrons. The maximum Gasteiger partial charge on any atom is 0.417 e. The number of ether oxygens (including phenoxy) is 1. The Hall–Kier alpha value is -2.37. The number of carbonyl (C=O) groups excluding carboxylic acids is 1. The van der Waals surface area contributed by atoms with E-state index < -0.39 is 11.7 Å². The van der Waals surface area contributed by atoms with Crippen LogP contribution in [-0.2, 0) is 6.18 Å². The minimum atomic E-state index is -4.50. The fraction of sp³-hybridized carbons (Fsp3) is 0.143. The Morgan fingerprint density at radius 1 is 1.20 bits per heavy atom. The first-order valence-corrected chi connectivity index (χ1v) is 5.62. The standard InChI is InChI=1S/C14H10F3NO2/c1-20-13-5-3-10(7-18-13)11-6-9(8-19)2-4-12(11)14(15,16)17/h2-8H,1H3. The molecule has 0 spiro atoms. The molecule has 0 radical (unpaired) electrons. The average molecular weight is 281 g/mol. The molecule has 20 heavy (non-hydrogen) atoms. The summed E-state index contributed by atoms with van der Waals surface area (Å²) in [6.45, 7) is 0. The quantitative estimate of drug-likeness (QED) is 0.807. The van der Waals surface area contributed by atoms with Gasteiger partial charge in [-0.3, -0.25) is 4.79 Å². The van der Waals surface area contributed by atoms with Crippen molar-refractivity contribution in [2.75, 3.05) is 7.11 Å². The van der Waals surface area contributed by atoms with Crippen LogP contribution in [0.2, 0.25) is 0 Å². The molecule has 0 aliphatic carbocycles. The van der Waals surface area contributed by atoms with E-state index in [-0.39, 0.29) is 16.7 Å². The highest BCUT2D eigenvalue weighted by Crippen LogP contribution is 2.37. The number of pyridine rings is 1. The monoisotopic (exact) mass is 281 g/mol. The van der Waals surface area contributed by atoms with Crippen LogP contribution in [0.25, 0.3) is 11.1 Å². The largest absolute Gasteiger partial charge is 0.481 e. The summed E-state index contributed by atoms with van der Waals surface area (Å²) < 4.78 is 43.8. The van der Waals surface area contributed by atoms with Crippen molar-refractivity contribution in [3.05, 3.63) is 47.7 Å². The van der Waals surface area contributed by atoms with Crippen molar-refractivity contribution < 1.29 is 22.7 Å².